The van der Waals surface area contributed by atoms with Gasteiger partial charge in [-0.3, -0.25) is 0 Å². The smallest absolute Gasteiger partial charge is 0.0446 e. The molecule has 1 aromatic carbocycles. The average Bonchev–Trinajstić information content (AvgIpc) is 2.59. The number of benzene rings is 1. The second kappa shape index (κ2) is 6.21. The van der Waals surface area contributed by atoms with Crippen molar-refractivity contribution in [3.8, 4) is 0 Å². The summed E-state index contributed by atoms with van der Waals surface area (Å²) in [7, 11) is 0. The summed E-state index contributed by atoms with van der Waals surface area (Å²) in [6.07, 6.45) is 2.00. The number of aliphatic hydroxyl groups is 1. The monoisotopic (exact) mass is 248 g/mol. The highest BCUT2D eigenvalue weighted by Crippen LogP contribution is 2.24. The molecule has 1 fully saturated rings. The van der Waals surface area contributed by atoms with Gasteiger partial charge in [0.05, 0.1) is 0 Å². The summed E-state index contributed by atoms with van der Waals surface area (Å²) < 4.78 is 0. The van der Waals surface area contributed by atoms with E-state index in [-0.39, 0.29) is 6.61 Å². The summed E-state index contributed by atoms with van der Waals surface area (Å²) in [6.45, 7) is 7.76. The van der Waals surface area contributed by atoms with Crippen LogP contribution in [-0.2, 0) is 0 Å². The average molecular weight is 248 g/mol. The number of hydrogen-bond acceptors (Lipinski definition) is 3. The third-order valence-electron chi connectivity index (χ3n) is 3.87. The first-order valence-corrected chi connectivity index (χ1v) is 6.88. The second-order valence-corrected chi connectivity index (χ2v) is 5.18. The van der Waals surface area contributed by atoms with Gasteiger partial charge in [0.1, 0.15) is 0 Å². The van der Waals surface area contributed by atoms with Crippen LogP contribution in [0, 0.1) is 13.8 Å². The molecule has 0 aromatic heterocycles. The van der Waals surface area contributed by atoms with E-state index in [4.69, 9.17) is 5.11 Å². The molecule has 100 valence electrons. The van der Waals surface area contributed by atoms with Gasteiger partial charge in [0.15, 0.2) is 0 Å². The molecule has 1 atom stereocenters. The van der Waals surface area contributed by atoms with Gasteiger partial charge in [0.2, 0.25) is 0 Å². The van der Waals surface area contributed by atoms with Gasteiger partial charge < -0.3 is 15.3 Å². The van der Waals surface area contributed by atoms with Gasteiger partial charge in [-0.05, 0) is 50.4 Å². The van der Waals surface area contributed by atoms with Crippen LogP contribution in [0.15, 0.2) is 18.2 Å². The first kappa shape index (κ1) is 13.4. The number of anilines is 1. The molecule has 1 aromatic rings. The highest BCUT2D eigenvalue weighted by atomic mass is 16.3. The Balaban J connectivity index is 2.17. The normalized spacial score (nSPS) is 20.8. The van der Waals surface area contributed by atoms with Gasteiger partial charge in [-0.25, -0.2) is 0 Å². The van der Waals surface area contributed by atoms with Crippen LogP contribution in [0.2, 0.25) is 0 Å². The number of aryl methyl sites for hydroxylation is 1. The molecule has 3 nitrogen and oxygen atoms in total. The Morgan fingerprint density at radius 2 is 2.22 bits per heavy atom. The lowest BCUT2D eigenvalue weighted by atomic mass is 10.1. The minimum atomic E-state index is 0.262. The molecular formula is C15H24N2O. The molecule has 3 heteroatoms. The molecule has 0 radical (unpaired) electrons. The number of nitrogens with one attached hydrogen (secondary N) is 1. The van der Waals surface area contributed by atoms with Crippen LogP contribution in [-0.4, -0.2) is 37.4 Å². The Kier molecular flexibility index (Phi) is 4.61. The van der Waals surface area contributed by atoms with Crippen molar-refractivity contribution < 1.29 is 5.11 Å². The molecular weight excluding hydrogens is 224 g/mol. The van der Waals surface area contributed by atoms with E-state index in [2.05, 4.69) is 42.3 Å². The fourth-order valence-electron chi connectivity index (χ4n) is 2.64. The van der Waals surface area contributed by atoms with Gasteiger partial charge in [-0.1, -0.05) is 12.1 Å². The number of aliphatic hydroxyl groups excluding tert-OH is 1. The molecule has 0 saturated carbocycles. The van der Waals surface area contributed by atoms with Crippen LogP contribution in [0.3, 0.4) is 0 Å². The summed E-state index contributed by atoms with van der Waals surface area (Å²) in [5.74, 6) is 0. The van der Waals surface area contributed by atoms with Gasteiger partial charge in [-0.15, -0.1) is 0 Å². The number of hydrogen-bond donors (Lipinski definition) is 2. The zero-order chi connectivity index (χ0) is 13.0. The van der Waals surface area contributed by atoms with E-state index in [0.717, 1.165) is 32.5 Å². The Morgan fingerprint density at radius 3 is 3.00 bits per heavy atom. The van der Waals surface area contributed by atoms with Crippen LogP contribution in [0.5, 0.6) is 0 Å². The Morgan fingerprint density at radius 1 is 1.39 bits per heavy atom. The second-order valence-electron chi connectivity index (χ2n) is 5.18. The molecule has 1 heterocycles. The minimum Gasteiger partial charge on any atom is -0.396 e. The van der Waals surface area contributed by atoms with E-state index in [1.165, 1.54) is 16.8 Å². The highest BCUT2D eigenvalue weighted by molar-refractivity contribution is 5.56. The van der Waals surface area contributed by atoms with E-state index in [9.17, 15) is 0 Å². The Labute approximate surface area is 110 Å². The van der Waals surface area contributed by atoms with Crippen molar-refractivity contribution in [2.45, 2.75) is 32.7 Å². The molecule has 2 rings (SSSR count). The van der Waals surface area contributed by atoms with E-state index >= 15 is 0 Å². The lowest BCUT2D eigenvalue weighted by Gasteiger charge is -2.28. The zero-order valence-corrected chi connectivity index (χ0v) is 11.4. The number of nitrogens with zero attached hydrogens (tertiary/aromatic N) is 1. The molecule has 0 amide bonds. The molecule has 0 bridgehead atoms. The van der Waals surface area contributed by atoms with Crippen molar-refractivity contribution >= 4 is 5.69 Å². The summed E-state index contributed by atoms with van der Waals surface area (Å²) in [5.41, 5.74) is 4.08. The van der Waals surface area contributed by atoms with Crippen molar-refractivity contribution in [3.63, 3.8) is 0 Å². The number of rotatable bonds is 3. The molecule has 1 aliphatic rings. The van der Waals surface area contributed by atoms with Crippen LogP contribution < -0.4 is 10.2 Å². The summed E-state index contributed by atoms with van der Waals surface area (Å²) >= 11 is 0. The SMILES string of the molecule is Cc1cccc(N2CCCNC(CCO)C2)c1C. The Bertz CT molecular complexity index is 392. The maximum Gasteiger partial charge on any atom is 0.0446 e. The fourth-order valence-corrected chi connectivity index (χ4v) is 2.64. The van der Waals surface area contributed by atoms with E-state index < -0.39 is 0 Å². The predicted octanol–water partition coefficient (Wildman–Crippen LogP) is 1.85. The summed E-state index contributed by atoms with van der Waals surface area (Å²) in [4.78, 5) is 2.46. The molecule has 1 unspecified atom stereocenters. The Hall–Kier alpha value is -1.06. The van der Waals surface area contributed by atoms with Crippen LogP contribution in [0.4, 0.5) is 5.69 Å². The largest absolute Gasteiger partial charge is 0.396 e. The van der Waals surface area contributed by atoms with Crippen LogP contribution >= 0.6 is 0 Å². The zero-order valence-electron chi connectivity index (χ0n) is 11.4. The predicted molar refractivity (Wildman–Crippen MR) is 76.2 cm³/mol. The first-order chi connectivity index (χ1) is 8.72. The molecule has 18 heavy (non-hydrogen) atoms. The van der Waals surface area contributed by atoms with Gasteiger partial charge in [-0.2, -0.15) is 0 Å². The lowest BCUT2D eigenvalue weighted by Crippen LogP contribution is -2.38. The van der Waals surface area contributed by atoms with Gasteiger partial charge >= 0.3 is 0 Å². The molecule has 0 aliphatic carbocycles. The molecule has 0 spiro atoms. The van der Waals surface area contributed by atoms with Crippen molar-refractivity contribution in [2.75, 3.05) is 31.1 Å². The third-order valence-corrected chi connectivity index (χ3v) is 3.87. The molecule has 1 aliphatic heterocycles. The van der Waals surface area contributed by atoms with Crippen molar-refractivity contribution in [1.29, 1.82) is 0 Å². The summed E-state index contributed by atoms with van der Waals surface area (Å²) in [5, 5.41) is 12.6. The maximum absolute atomic E-state index is 9.11. The van der Waals surface area contributed by atoms with E-state index in [1.807, 2.05) is 0 Å². The quantitative estimate of drug-likeness (QED) is 0.857. The van der Waals surface area contributed by atoms with Crippen LogP contribution in [0.25, 0.3) is 0 Å². The fraction of sp³-hybridized carbons (Fsp3) is 0.600. The van der Waals surface area contributed by atoms with Crippen molar-refractivity contribution in [2.24, 2.45) is 0 Å². The van der Waals surface area contributed by atoms with Gasteiger partial charge in [0.25, 0.3) is 0 Å². The molecule has 2 N–H and O–H groups in total. The topological polar surface area (TPSA) is 35.5 Å². The maximum atomic E-state index is 9.11. The van der Waals surface area contributed by atoms with E-state index in [0.29, 0.717) is 6.04 Å². The standard InChI is InChI=1S/C15H24N2O/c1-12-5-3-6-15(13(12)2)17-9-4-8-16-14(11-17)7-10-18/h3,5-6,14,16,18H,4,7-11H2,1-2H3. The van der Waals surface area contributed by atoms with E-state index in [1.54, 1.807) is 0 Å². The van der Waals surface area contributed by atoms with Crippen LogP contribution in [0.1, 0.15) is 24.0 Å². The first-order valence-electron chi connectivity index (χ1n) is 6.88. The van der Waals surface area contributed by atoms with Crippen molar-refractivity contribution in [3.05, 3.63) is 29.3 Å². The lowest BCUT2D eigenvalue weighted by molar-refractivity contribution is 0.267. The third kappa shape index (κ3) is 3.03. The summed E-state index contributed by atoms with van der Waals surface area (Å²) in [6, 6.07) is 6.92. The molecule has 1 saturated heterocycles. The van der Waals surface area contributed by atoms with Crippen molar-refractivity contribution in [1.82, 2.24) is 5.32 Å². The minimum absolute atomic E-state index is 0.262. The van der Waals surface area contributed by atoms with Gasteiger partial charge in [0, 0.05) is 31.4 Å². The highest BCUT2D eigenvalue weighted by Gasteiger charge is 2.18.